The molecule has 4 aromatic rings. The van der Waals surface area contributed by atoms with Crippen LogP contribution in [0.3, 0.4) is 0 Å². The van der Waals surface area contributed by atoms with Gasteiger partial charge in [0.25, 0.3) is 0 Å². The van der Waals surface area contributed by atoms with Crippen LogP contribution < -0.4 is 0 Å². The van der Waals surface area contributed by atoms with E-state index < -0.39 is 0 Å². The number of hydrogen-bond acceptors (Lipinski definition) is 3. The summed E-state index contributed by atoms with van der Waals surface area (Å²) in [4.78, 5) is 0. The highest BCUT2D eigenvalue weighted by Gasteiger charge is 2.15. The van der Waals surface area contributed by atoms with Gasteiger partial charge in [-0.2, -0.15) is 0 Å². The minimum absolute atomic E-state index is 0.204. The Morgan fingerprint density at radius 3 is 2.58 bits per heavy atom. The quantitative estimate of drug-likeness (QED) is 0.580. The van der Waals surface area contributed by atoms with Crippen molar-refractivity contribution in [3.63, 3.8) is 0 Å². The first-order valence-corrected chi connectivity index (χ1v) is 8.79. The lowest BCUT2D eigenvalue weighted by Gasteiger charge is -2.07. The van der Waals surface area contributed by atoms with Gasteiger partial charge in [0.15, 0.2) is 5.88 Å². The molecule has 0 bridgehead atoms. The summed E-state index contributed by atoms with van der Waals surface area (Å²) >= 11 is 0. The van der Waals surface area contributed by atoms with E-state index in [0.29, 0.717) is 5.88 Å². The van der Waals surface area contributed by atoms with E-state index in [1.54, 1.807) is 0 Å². The molecular formula is C21H22N4O. The van der Waals surface area contributed by atoms with Gasteiger partial charge in [0, 0.05) is 28.6 Å². The lowest BCUT2D eigenvalue weighted by atomic mass is 10.1. The lowest BCUT2D eigenvalue weighted by Crippen LogP contribution is -1.99. The van der Waals surface area contributed by atoms with Crippen LogP contribution in [0.5, 0.6) is 5.88 Å². The molecule has 0 aliphatic heterocycles. The summed E-state index contributed by atoms with van der Waals surface area (Å²) in [6.07, 6.45) is 1.99. The molecule has 0 saturated carbocycles. The molecule has 0 amide bonds. The number of hydrogen-bond donors (Lipinski definition) is 1. The molecular weight excluding hydrogens is 324 g/mol. The smallest absolute Gasteiger partial charge is 0.199 e. The SMILES string of the molecule is Cc1cccc(-n2nnc(-c3ccc4c(O)n(C(C)C)cc4c3)c2C)c1. The fourth-order valence-corrected chi connectivity index (χ4v) is 3.37. The van der Waals surface area contributed by atoms with Gasteiger partial charge >= 0.3 is 0 Å². The molecule has 26 heavy (non-hydrogen) atoms. The first-order valence-electron chi connectivity index (χ1n) is 8.79. The Hall–Kier alpha value is -3.08. The zero-order valence-electron chi connectivity index (χ0n) is 15.4. The van der Waals surface area contributed by atoms with Crippen molar-refractivity contribution in [1.29, 1.82) is 0 Å². The number of nitrogens with zero attached hydrogens (tertiary/aromatic N) is 4. The predicted octanol–water partition coefficient (Wildman–Crippen LogP) is 4.79. The maximum absolute atomic E-state index is 10.4. The van der Waals surface area contributed by atoms with Crippen molar-refractivity contribution < 1.29 is 5.11 Å². The van der Waals surface area contributed by atoms with Crippen LogP contribution in [-0.4, -0.2) is 24.7 Å². The third kappa shape index (κ3) is 2.56. The Morgan fingerprint density at radius 2 is 1.85 bits per heavy atom. The largest absolute Gasteiger partial charge is 0.494 e. The average Bonchev–Trinajstić information content (AvgIpc) is 3.15. The maximum Gasteiger partial charge on any atom is 0.199 e. The highest BCUT2D eigenvalue weighted by Crippen LogP contribution is 2.33. The highest BCUT2D eigenvalue weighted by atomic mass is 16.3. The predicted molar refractivity (Wildman–Crippen MR) is 104 cm³/mol. The van der Waals surface area contributed by atoms with Gasteiger partial charge in [-0.3, -0.25) is 0 Å². The normalized spacial score (nSPS) is 11.6. The van der Waals surface area contributed by atoms with E-state index >= 15 is 0 Å². The van der Waals surface area contributed by atoms with E-state index in [1.165, 1.54) is 5.56 Å². The van der Waals surface area contributed by atoms with Gasteiger partial charge in [0.05, 0.1) is 11.4 Å². The molecule has 0 atom stereocenters. The second-order valence-corrected chi connectivity index (χ2v) is 7.03. The van der Waals surface area contributed by atoms with E-state index in [4.69, 9.17) is 0 Å². The van der Waals surface area contributed by atoms with Crippen LogP contribution >= 0.6 is 0 Å². The zero-order chi connectivity index (χ0) is 18.4. The van der Waals surface area contributed by atoms with Gasteiger partial charge < -0.3 is 9.67 Å². The van der Waals surface area contributed by atoms with Gasteiger partial charge in [0.1, 0.15) is 5.69 Å². The van der Waals surface area contributed by atoms with Crippen LogP contribution in [0.25, 0.3) is 27.7 Å². The maximum atomic E-state index is 10.4. The Balaban J connectivity index is 1.81. The molecule has 2 aromatic heterocycles. The topological polar surface area (TPSA) is 55.9 Å². The monoisotopic (exact) mass is 346 g/mol. The molecule has 2 aromatic carbocycles. The summed E-state index contributed by atoms with van der Waals surface area (Å²) in [6.45, 7) is 8.20. The first-order chi connectivity index (χ1) is 12.5. The fraction of sp³-hybridized carbons (Fsp3) is 0.238. The van der Waals surface area contributed by atoms with Gasteiger partial charge in [-0.15, -0.1) is 5.10 Å². The van der Waals surface area contributed by atoms with E-state index in [9.17, 15) is 5.11 Å². The van der Waals surface area contributed by atoms with Crippen molar-refractivity contribution in [3.8, 4) is 22.8 Å². The number of fused-ring (bicyclic) bond motifs is 1. The van der Waals surface area contributed by atoms with Crippen molar-refractivity contribution in [2.45, 2.75) is 33.7 Å². The Morgan fingerprint density at radius 1 is 1.04 bits per heavy atom. The molecule has 0 aliphatic carbocycles. The second kappa shape index (κ2) is 6.02. The minimum Gasteiger partial charge on any atom is -0.494 e. The van der Waals surface area contributed by atoms with Crippen molar-refractivity contribution in [1.82, 2.24) is 19.6 Å². The van der Waals surface area contributed by atoms with E-state index in [0.717, 1.165) is 33.4 Å². The molecule has 1 N–H and O–H groups in total. The summed E-state index contributed by atoms with van der Waals surface area (Å²) < 4.78 is 3.74. The summed E-state index contributed by atoms with van der Waals surface area (Å²) in [5.74, 6) is 0.307. The number of aromatic hydroxyl groups is 1. The van der Waals surface area contributed by atoms with Crippen LogP contribution in [0, 0.1) is 13.8 Å². The van der Waals surface area contributed by atoms with Crippen molar-refractivity contribution in [3.05, 3.63) is 59.9 Å². The molecule has 5 heteroatoms. The van der Waals surface area contributed by atoms with Crippen LogP contribution in [0.4, 0.5) is 0 Å². The summed E-state index contributed by atoms with van der Waals surface area (Å²) in [7, 11) is 0. The van der Waals surface area contributed by atoms with Crippen LogP contribution in [-0.2, 0) is 0 Å². The van der Waals surface area contributed by atoms with Gasteiger partial charge in [-0.1, -0.05) is 23.4 Å². The Bertz CT molecular complexity index is 1100. The highest BCUT2D eigenvalue weighted by molar-refractivity contribution is 5.91. The van der Waals surface area contributed by atoms with Crippen molar-refractivity contribution >= 4 is 10.8 Å². The molecule has 0 fully saturated rings. The third-order valence-electron chi connectivity index (χ3n) is 4.79. The molecule has 0 aliphatic rings. The van der Waals surface area contributed by atoms with Crippen molar-refractivity contribution in [2.24, 2.45) is 0 Å². The zero-order valence-corrected chi connectivity index (χ0v) is 15.4. The van der Waals surface area contributed by atoms with Gasteiger partial charge in [-0.25, -0.2) is 4.68 Å². The van der Waals surface area contributed by atoms with Crippen LogP contribution in [0.1, 0.15) is 31.1 Å². The summed E-state index contributed by atoms with van der Waals surface area (Å²) in [5, 5.41) is 21.0. The number of rotatable bonds is 3. The molecule has 0 spiro atoms. The van der Waals surface area contributed by atoms with Crippen LogP contribution in [0.15, 0.2) is 48.7 Å². The average molecular weight is 346 g/mol. The molecule has 0 saturated heterocycles. The van der Waals surface area contributed by atoms with Crippen LogP contribution in [0.2, 0.25) is 0 Å². The molecule has 5 nitrogen and oxygen atoms in total. The second-order valence-electron chi connectivity index (χ2n) is 7.03. The Labute approximate surface area is 152 Å². The van der Waals surface area contributed by atoms with Crippen molar-refractivity contribution in [2.75, 3.05) is 0 Å². The molecule has 132 valence electrons. The lowest BCUT2D eigenvalue weighted by molar-refractivity contribution is 0.405. The summed E-state index contributed by atoms with van der Waals surface area (Å²) in [5.41, 5.74) is 5.03. The molecule has 2 heterocycles. The standard InChI is InChI=1S/C21H22N4O/c1-13(2)24-12-17-11-16(8-9-19(17)21(24)26)20-15(4)25(23-22-20)18-7-5-6-14(3)10-18/h5-13,26H,1-4H3. The van der Waals surface area contributed by atoms with Gasteiger partial charge in [-0.05, 0) is 57.5 Å². The van der Waals surface area contributed by atoms with E-state index in [-0.39, 0.29) is 6.04 Å². The Kier molecular flexibility index (Phi) is 3.80. The minimum atomic E-state index is 0.204. The molecule has 0 unspecified atom stereocenters. The summed E-state index contributed by atoms with van der Waals surface area (Å²) in [6, 6.07) is 14.4. The van der Waals surface area contributed by atoms with E-state index in [1.807, 2.05) is 46.6 Å². The van der Waals surface area contributed by atoms with E-state index in [2.05, 4.69) is 49.3 Å². The molecule has 0 radical (unpaired) electrons. The number of benzene rings is 2. The number of aryl methyl sites for hydroxylation is 1. The molecule has 4 rings (SSSR count). The first kappa shape index (κ1) is 16.4. The number of aromatic nitrogens is 4. The van der Waals surface area contributed by atoms with Gasteiger partial charge in [0.2, 0.25) is 0 Å². The fourth-order valence-electron chi connectivity index (χ4n) is 3.37. The third-order valence-corrected chi connectivity index (χ3v) is 4.79.